The summed E-state index contributed by atoms with van der Waals surface area (Å²) >= 11 is 0. The van der Waals surface area contributed by atoms with Gasteiger partial charge < -0.3 is 0 Å². The first kappa shape index (κ1) is 19.5. The largest absolute Gasteiger partial charge is 0.297 e. The first-order valence-corrected chi connectivity index (χ1v) is 7.52. The molecule has 1 saturated heterocycles. The Morgan fingerprint density at radius 3 is 2.33 bits per heavy atom. The summed E-state index contributed by atoms with van der Waals surface area (Å²) in [6.07, 6.45) is 10.9. The molecule has 1 unspecified atom stereocenters. The zero-order valence-corrected chi connectivity index (χ0v) is 13.4. The van der Waals surface area contributed by atoms with Crippen LogP contribution in [0.1, 0.15) is 54.4 Å². The normalized spacial score (nSPS) is 19.9. The van der Waals surface area contributed by atoms with E-state index in [2.05, 4.69) is 36.6 Å². The Labute approximate surface area is 115 Å². The van der Waals surface area contributed by atoms with Crippen LogP contribution >= 0.6 is 0 Å². The molecule has 1 nitrogen and oxygen atoms in total. The Morgan fingerprint density at radius 1 is 1.28 bits per heavy atom. The van der Waals surface area contributed by atoms with Gasteiger partial charge in [-0.05, 0) is 38.4 Å². The van der Waals surface area contributed by atoms with Gasteiger partial charge in [-0.15, -0.1) is 0 Å². The lowest BCUT2D eigenvalue weighted by Gasteiger charge is -2.23. The van der Waals surface area contributed by atoms with Gasteiger partial charge in [-0.2, -0.15) is 0 Å². The van der Waals surface area contributed by atoms with Gasteiger partial charge in [0, 0.05) is 6.04 Å². The molecule has 18 heavy (non-hydrogen) atoms. The lowest BCUT2D eigenvalue weighted by Crippen LogP contribution is -2.30. The van der Waals surface area contributed by atoms with Gasteiger partial charge in [0.1, 0.15) is 0 Å². The van der Waals surface area contributed by atoms with E-state index in [9.17, 15) is 0 Å². The van der Waals surface area contributed by atoms with Crippen LogP contribution in [0.5, 0.6) is 0 Å². The molecule has 1 atom stereocenters. The van der Waals surface area contributed by atoms with Gasteiger partial charge >= 0.3 is 0 Å². The highest BCUT2D eigenvalue weighted by Gasteiger charge is 2.24. The van der Waals surface area contributed by atoms with Crippen LogP contribution in [-0.2, 0) is 0 Å². The summed E-state index contributed by atoms with van der Waals surface area (Å²) in [4.78, 5) is 2.52. The summed E-state index contributed by atoms with van der Waals surface area (Å²) < 4.78 is 0. The molecule has 0 radical (unpaired) electrons. The third kappa shape index (κ3) is 6.80. The molecule has 1 aliphatic heterocycles. The second kappa shape index (κ2) is 14.2. The number of likely N-dealkylation sites (tertiary alicyclic amines) is 1. The standard InChI is InChI=1S/C13H21N.2C2H6/c1-4-7-9-12(5-2)13-10-8-11-14(13)6-3;2*1-2/h4-5,7,9,13H,2,6,8,10-11H2,1,3H3;2*1-2H3/b7-4-,12-9+;;. The quantitative estimate of drug-likeness (QED) is 0.620. The van der Waals surface area contributed by atoms with Crippen LogP contribution in [0.2, 0.25) is 0 Å². The van der Waals surface area contributed by atoms with Crippen LogP contribution in [0.15, 0.2) is 36.5 Å². The second-order valence-electron chi connectivity index (χ2n) is 3.68. The minimum Gasteiger partial charge on any atom is -0.297 e. The average Bonchev–Trinajstić information content (AvgIpc) is 2.92. The molecule has 1 rings (SSSR count). The molecule has 0 aliphatic carbocycles. The van der Waals surface area contributed by atoms with E-state index < -0.39 is 0 Å². The zero-order valence-electron chi connectivity index (χ0n) is 13.4. The van der Waals surface area contributed by atoms with E-state index >= 15 is 0 Å². The smallest absolute Gasteiger partial charge is 0.0348 e. The van der Waals surface area contributed by atoms with Crippen LogP contribution in [0, 0.1) is 0 Å². The molecular formula is C17H33N. The van der Waals surface area contributed by atoms with Gasteiger partial charge in [-0.3, -0.25) is 4.90 Å². The van der Waals surface area contributed by atoms with Crippen LogP contribution < -0.4 is 0 Å². The highest BCUT2D eigenvalue weighted by Crippen LogP contribution is 2.23. The van der Waals surface area contributed by atoms with E-state index in [-0.39, 0.29) is 0 Å². The van der Waals surface area contributed by atoms with E-state index in [0.717, 1.165) is 6.54 Å². The van der Waals surface area contributed by atoms with Gasteiger partial charge in [0.25, 0.3) is 0 Å². The molecule has 1 fully saturated rings. The van der Waals surface area contributed by atoms with E-state index in [4.69, 9.17) is 0 Å². The Kier molecular flexibility index (Phi) is 15.4. The second-order valence-corrected chi connectivity index (χ2v) is 3.68. The molecule has 1 heterocycles. The van der Waals surface area contributed by atoms with Crippen molar-refractivity contribution in [3.8, 4) is 0 Å². The monoisotopic (exact) mass is 251 g/mol. The number of hydrogen-bond donors (Lipinski definition) is 0. The third-order valence-electron chi connectivity index (χ3n) is 2.87. The first-order valence-electron chi connectivity index (χ1n) is 7.52. The molecule has 0 N–H and O–H groups in total. The van der Waals surface area contributed by atoms with Crippen molar-refractivity contribution in [2.75, 3.05) is 13.1 Å². The van der Waals surface area contributed by atoms with Crippen LogP contribution in [0.25, 0.3) is 0 Å². The molecule has 0 bridgehead atoms. The number of likely N-dealkylation sites (N-methyl/N-ethyl adjacent to an activating group) is 1. The predicted octanol–water partition coefficient (Wildman–Crippen LogP) is 5.21. The van der Waals surface area contributed by atoms with Crippen molar-refractivity contribution >= 4 is 0 Å². The molecule has 0 saturated carbocycles. The number of nitrogens with zero attached hydrogens (tertiary/aromatic N) is 1. The van der Waals surface area contributed by atoms with Crippen LogP contribution in [0.4, 0.5) is 0 Å². The fourth-order valence-corrected chi connectivity index (χ4v) is 2.10. The molecule has 0 spiro atoms. The fourth-order valence-electron chi connectivity index (χ4n) is 2.10. The van der Waals surface area contributed by atoms with Gasteiger partial charge in [0.05, 0.1) is 0 Å². The van der Waals surface area contributed by atoms with E-state index in [1.165, 1.54) is 25.0 Å². The van der Waals surface area contributed by atoms with Crippen molar-refractivity contribution in [2.45, 2.75) is 60.4 Å². The molecule has 0 aromatic carbocycles. The lowest BCUT2D eigenvalue weighted by molar-refractivity contribution is 0.299. The van der Waals surface area contributed by atoms with E-state index in [1.54, 1.807) is 0 Å². The van der Waals surface area contributed by atoms with E-state index in [1.807, 2.05) is 40.7 Å². The third-order valence-corrected chi connectivity index (χ3v) is 2.87. The Morgan fingerprint density at radius 2 is 1.89 bits per heavy atom. The van der Waals surface area contributed by atoms with Gasteiger partial charge in [0.15, 0.2) is 0 Å². The number of rotatable bonds is 4. The molecule has 0 aromatic rings. The van der Waals surface area contributed by atoms with Crippen molar-refractivity contribution in [2.24, 2.45) is 0 Å². The van der Waals surface area contributed by atoms with Crippen molar-refractivity contribution in [3.05, 3.63) is 36.5 Å². The Hall–Kier alpha value is -0.820. The summed E-state index contributed by atoms with van der Waals surface area (Å²) in [6, 6.07) is 0.605. The van der Waals surface area contributed by atoms with Crippen molar-refractivity contribution in [1.29, 1.82) is 0 Å². The number of hydrogen-bond acceptors (Lipinski definition) is 1. The topological polar surface area (TPSA) is 3.24 Å². The highest BCUT2D eigenvalue weighted by molar-refractivity contribution is 5.28. The SMILES string of the molecule is C=C/C(=C\C=C/C)C1CCCN1CC.CC.CC. The minimum absolute atomic E-state index is 0.605. The molecule has 0 aromatic heterocycles. The molecular weight excluding hydrogens is 218 g/mol. The maximum Gasteiger partial charge on any atom is 0.0348 e. The minimum atomic E-state index is 0.605. The van der Waals surface area contributed by atoms with Crippen molar-refractivity contribution in [3.63, 3.8) is 0 Å². The molecule has 0 amide bonds. The van der Waals surface area contributed by atoms with Crippen molar-refractivity contribution in [1.82, 2.24) is 4.90 Å². The fraction of sp³-hybridized carbons (Fsp3) is 0.647. The van der Waals surface area contributed by atoms with Crippen LogP contribution in [-0.4, -0.2) is 24.0 Å². The van der Waals surface area contributed by atoms with Crippen LogP contribution in [0.3, 0.4) is 0 Å². The van der Waals surface area contributed by atoms with Gasteiger partial charge in [-0.25, -0.2) is 0 Å². The highest BCUT2D eigenvalue weighted by atomic mass is 15.2. The van der Waals surface area contributed by atoms with Crippen molar-refractivity contribution < 1.29 is 0 Å². The zero-order chi connectivity index (χ0) is 14.4. The van der Waals surface area contributed by atoms with Gasteiger partial charge in [0.2, 0.25) is 0 Å². The Bertz CT molecular complexity index is 238. The molecule has 1 heteroatoms. The van der Waals surface area contributed by atoms with Gasteiger partial charge in [-0.1, -0.05) is 65.5 Å². The average molecular weight is 251 g/mol. The summed E-state index contributed by atoms with van der Waals surface area (Å²) in [5.74, 6) is 0. The summed E-state index contributed by atoms with van der Waals surface area (Å²) in [5.41, 5.74) is 1.36. The molecule has 106 valence electrons. The maximum absolute atomic E-state index is 3.90. The molecule has 1 aliphatic rings. The summed E-state index contributed by atoms with van der Waals surface area (Å²) in [6.45, 7) is 18.6. The van der Waals surface area contributed by atoms with E-state index in [0.29, 0.717) is 6.04 Å². The Balaban J connectivity index is 0. The summed E-state index contributed by atoms with van der Waals surface area (Å²) in [7, 11) is 0. The number of allylic oxidation sites excluding steroid dienone is 3. The first-order chi connectivity index (χ1) is 8.83. The summed E-state index contributed by atoms with van der Waals surface area (Å²) in [5, 5.41) is 0. The lowest BCUT2D eigenvalue weighted by atomic mass is 10.0. The maximum atomic E-state index is 3.90. The predicted molar refractivity (Wildman–Crippen MR) is 86.1 cm³/mol.